The third kappa shape index (κ3) is 4.25. The Kier molecular flexibility index (Phi) is 5.31. The molecule has 1 heterocycles. The van der Waals surface area contributed by atoms with Gasteiger partial charge in [-0.15, -0.1) is 0 Å². The minimum atomic E-state index is -0.894. The Bertz CT molecular complexity index is 551. The highest BCUT2D eigenvalue weighted by Crippen LogP contribution is 2.26. The lowest BCUT2D eigenvalue weighted by Crippen LogP contribution is -2.46. The van der Waals surface area contributed by atoms with Gasteiger partial charge in [-0.05, 0) is 37.5 Å². The number of likely N-dealkylation sites (tertiary alicyclic amines) is 1. The minimum Gasteiger partial charge on any atom is -0.481 e. The largest absolute Gasteiger partial charge is 0.481 e. The van der Waals surface area contributed by atoms with Crippen LogP contribution in [0.2, 0.25) is 10.0 Å². The number of carbonyl (C=O) groups is 2. The van der Waals surface area contributed by atoms with Crippen molar-refractivity contribution in [2.24, 2.45) is 0 Å². The van der Waals surface area contributed by atoms with Crippen molar-refractivity contribution in [2.75, 3.05) is 11.9 Å². The van der Waals surface area contributed by atoms with Gasteiger partial charge in [-0.3, -0.25) is 4.79 Å². The molecule has 0 aromatic heterocycles. The third-order valence-electron chi connectivity index (χ3n) is 3.47. The summed E-state index contributed by atoms with van der Waals surface area (Å²) >= 11 is 11.7. The van der Waals surface area contributed by atoms with E-state index in [4.69, 9.17) is 28.3 Å². The molecule has 1 atom stereocenters. The summed E-state index contributed by atoms with van der Waals surface area (Å²) in [6, 6.07) is 4.25. The predicted molar refractivity (Wildman–Crippen MR) is 82.1 cm³/mol. The second kappa shape index (κ2) is 7.00. The molecule has 0 spiro atoms. The number of halogens is 2. The summed E-state index contributed by atoms with van der Waals surface area (Å²) in [6.45, 7) is 0.561. The molecule has 0 aliphatic carbocycles. The Morgan fingerprint density at radius 1 is 1.29 bits per heavy atom. The maximum absolute atomic E-state index is 12.3. The Hall–Kier alpha value is -1.46. The normalized spacial score (nSPS) is 18.4. The van der Waals surface area contributed by atoms with E-state index in [1.807, 2.05) is 0 Å². The van der Waals surface area contributed by atoms with Gasteiger partial charge in [0.15, 0.2) is 0 Å². The first-order valence-corrected chi connectivity index (χ1v) is 7.47. The first-order chi connectivity index (χ1) is 9.97. The lowest BCUT2D eigenvalue weighted by atomic mass is 10.00. The van der Waals surface area contributed by atoms with Crippen LogP contribution in [0.1, 0.15) is 25.7 Å². The van der Waals surface area contributed by atoms with Crippen LogP contribution in [0.3, 0.4) is 0 Å². The van der Waals surface area contributed by atoms with Crippen LogP contribution in [-0.2, 0) is 4.79 Å². The number of urea groups is 1. The average Bonchev–Trinajstić information content (AvgIpc) is 2.43. The van der Waals surface area contributed by atoms with E-state index in [0.29, 0.717) is 28.7 Å². The number of anilines is 1. The summed E-state index contributed by atoms with van der Waals surface area (Å²) in [5, 5.41) is 12.4. The fourth-order valence-corrected chi connectivity index (χ4v) is 2.75. The Balaban J connectivity index is 2.06. The first kappa shape index (κ1) is 15.9. The highest BCUT2D eigenvalue weighted by Gasteiger charge is 2.28. The molecule has 1 aliphatic rings. The van der Waals surface area contributed by atoms with Crippen molar-refractivity contribution in [1.29, 1.82) is 0 Å². The molecule has 1 aliphatic heterocycles. The molecule has 1 fully saturated rings. The number of benzene rings is 1. The second-order valence-corrected chi connectivity index (χ2v) is 5.81. The Morgan fingerprint density at radius 2 is 2.05 bits per heavy atom. The van der Waals surface area contributed by atoms with Crippen molar-refractivity contribution in [1.82, 2.24) is 4.90 Å². The number of piperidine rings is 1. The molecule has 2 rings (SSSR count). The fraction of sp³-hybridized carbons (Fsp3) is 0.429. The quantitative estimate of drug-likeness (QED) is 0.884. The van der Waals surface area contributed by atoms with Crippen LogP contribution in [-0.4, -0.2) is 34.6 Å². The molecule has 1 saturated heterocycles. The van der Waals surface area contributed by atoms with Gasteiger partial charge in [0, 0.05) is 18.3 Å². The van der Waals surface area contributed by atoms with E-state index in [9.17, 15) is 9.59 Å². The average molecular weight is 331 g/mol. The molecule has 7 heteroatoms. The number of amides is 2. The summed E-state index contributed by atoms with van der Waals surface area (Å²) in [7, 11) is 0. The zero-order chi connectivity index (χ0) is 15.4. The van der Waals surface area contributed by atoms with Crippen molar-refractivity contribution >= 4 is 40.9 Å². The monoisotopic (exact) mass is 330 g/mol. The summed E-state index contributed by atoms with van der Waals surface area (Å²) < 4.78 is 0. The van der Waals surface area contributed by atoms with Gasteiger partial charge in [0.05, 0.1) is 16.5 Å². The maximum atomic E-state index is 12.3. The van der Waals surface area contributed by atoms with Crippen LogP contribution in [0.25, 0.3) is 0 Å². The van der Waals surface area contributed by atoms with E-state index in [2.05, 4.69) is 5.32 Å². The van der Waals surface area contributed by atoms with Crippen LogP contribution in [0.4, 0.5) is 10.5 Å². The molecule has 2 N–H and O–H groups in total. The van der Waals surface area contributed by atoms with Crippen molar-refractivity contribution < 1.29 is 14.7 Å². The number of nitrogens with zero attached hydrogens (tertiary/aromatic N) is 1. The molecule has 0 saturated carbocycles. The molecule has 1 aromatic carbocycles. The van der Waals surface area contributed by atoms with Crippen molar-refractivity contribution in [3.05, 3.63) is 28.2 Å². The van der Waals surface area contributed by atoms with Crippen molar-refractivity contribution in [3.63, 3.8) is 0 Å². The molecule has 1 unspecified atom stereocenters. The number of rotatable bonds is 3. The zero-order valence-corrected chi connectivity index (χ0v) is 12.8. The highest BCUT2D eigenvalue weighted by molar-refractivity contribution is 6.42. The maximum Gasteiger partial charge on any atom is 0.322 e. The van der Waals surface area contributed by atoms with Gasteiger partial charge in [-0.1, -0.05) is 23.2 Å². The number of carboxylic acid groups (broad SMARTS) is 1. The van der Waals surface area contributed by atoms with Gasteiger partial charge in [0.25, 0.3) is 0 Å². The molecule has 114 valence electrons. The number of carbonyl (C=O) groups excluding carboxylic acids is 1. The smallest absolute Gasteiger partial charge is 0.322 e. The molecule has 0 bridgehead atoms. The van der Waals surface area contributed by atoms with E-state index < -0.39 is 5.97 Å². The van der Waals surface area contributed by atoms with Gasteiger partial charge in [0.1, 0.15) is 0 Å². The van der Waals surface area contributed by atoms with Crippen molar-refractivity contribution in [2.45, 2.75) is 31.7 Å². The number of hydrogen-bond donors (Lipinski definition) is 2. The van der Waals surface area contributed by atoms with E-state index in [0.717, 1.165) is 12.8 Å². The van der Waals surface area contributed by atoms with Gasteiger partial charge >= 0.3 is 12.0 Å². The second-order valence-electron chi connectivity index (χ2n) is 5.00. The lowest BCUT2D eigenvalue weighted by Gasteiger charge is -2.34. The van der Waals surface area contributed by atoms with Gasteiger partial charge in [0.2, 0.25) is 0 Å². The molecular weight excluding hydrogens is 315 g/mol. The summed E-state index contributed by atoms with van der Waals surface area (Å²) in [4.78, 5) is 24.8. The van der Waals surface area contributed by atoms with E-state index in [1.54, 1.807) is 23.1 Å². The molecule has 21 heavy (non-hydrogen) atoms. The number of hydrogen-bond acceptors (Lipinski definition) is 2. The molecule has 0 radical (unpaired) electrons. The van der Waals surface area contributed by atoms with E-state index >= 15 is 0 Å². The van der Waals surface area contributed by atoms with E-state index in [1.165, 1.54) is 0 Å². The minimum absolute atomic E-state index is 0.0329. The lowest BCUT2D eigenvalue weighted by molar-refractivity contribution is -0.138. The number of nitrogens with one attached hydrogen (secondary N) is 1. The number of aliphatic carboxylic acids is 1. The van der Waals surface area contributed by atoms with Gasteiger partial charge in [-0.25, -0.2) is 4.79 Å². The summed E-state index contributed by atoms with van der Waals surface area (Å²) in [5.41, 5.74) is 0.536. The van der Waals surface area contributed by atoms with Crippen LogP contribution < -0.4 is 5.32 Å². The molecule has 1 aromatic rings. The highest BCUT2D eigenvalue weighted by atomic mass is 35.5. The van der Waals surface area contributed by atoms with E-state index in [-0.39, 0.29) is 18.5 Å². The van der Waals surface area contributed by atoms with Crippen LogP contribution in [0.5, 0.6) is 0 Å². The molecule has 2 amide bonds. The predicted octanol–water partition coefficient (Wildman–Crippen LogP) is 3.85. The number of carboxylic acids is 1. The fourth-order valence-electron chi connectivity index (χ4n) is 2.45. The summed E-state index contributed by atoms with van der Waals surface area (Å²) in [5.74, 6) is -0.894. The SMILES string of the molecule is O=C(O)CC1CCCCN1C(=O)Nc1ccc(Cl)c(Cl)c1. The van der Waals surface area contributed by atoms with Crippen LogP contribution in [0, 0.1) is 0 Å². The van der Waals surface area contributed by atoms with Gasteiger partial charge in [-0.2, -0.15) is 0 Å². The van der Waals surface area contributed by atoms with Gasteiger partial charge < -0.3 is 15.3 Å². The molecule has 5 nitrogen and oxygen atoms in total. The van der Waals surface area contributed by atoms with Crippen LogP contribution >= 0.6 is 23.2 Å². The first-order valence-electron chi connectivity index (χ1n) is 6.72. The Morgan fingerprint density at radius 3 is 2.71 bits per heavy atom. The standard InChI is InChI=1S/C14H16Cl2N2O3/c15-11-5-4-9(7-12(11)16)17-14(21)18-6-2-1-3-10(18)8-13(19)20/h4-5,7,10H,1-3,6,8H2,(H,17,21)(H,19,20). The molecular formula is C14H16Cl2N2O3. The third-order valence-corrected chi connectivity index (χ3v) is 4.21. The summed E-state index contributed by atoms with van der Waals surface area (Å²) in [6.07, 6.45) is 2.50. The zero-order valence-electron chi connectivity index (χ0n) is 11.3. The van der Waals surface area contributed by atoms with Crippen LogP contribution in [0.15, 0.2) is 18.2 Å². The topological polar surface area (TPSA) is 69.6 Å². The Labute approximate surface area is 132 Å². The van der Waals surface area contributed by atoms with Crippen molar-refractivity contribution in [3.8, 4) is 0 Å².